The molecule has 0 aromatic rings. The smallest absolute Gasteiger partial charge is 0.315 e. The Morgan fingerprint density at radius 3 is 2.26 bits per heavy atom. The fraction of sp³-hybridized carbons (Fsp3) is 0.846. The van der Waals surface area contributed by atoms with E-state index in [4.69, 9.17) is 18.3 Å². The van der Waals surface area contributed by atoms with Crippen LogP contribution in [0.4, 0.5) is 0 Å². The van der Waals surface area contributed by atoms with Crippen LogP contribution in [-0.2, 0) is 27.9 Å². The third kappa shape index (κ3) is 3.10. The quantitative estimate of drug-likeness (QED) is 0.300. The summed E-state index contributed by atoms with van der Waals surface area (Å²) in [5, 5.41) is 0. The van der Waals surface area contributed by atoms with E-state index in [1.807, 2.05) is 6.92 Å². The maximum atomic E-state index is 13.9. The second-order valence-corrected chi connectivity index (χ2v) is 22.7. The van der Waals surface area contributed by atoms with Crippen LogP contribution < -0.4 is 0 Å². The molecule has 1 saturated heterocycles. The van der Waals surface area contributed by atoms with Crippen molar-refractivity contribution in [2.75, 3.05) is 7.11 Å². The first kappa shape index (κ1) is 24.7. The fourth-order valence-electron chi connectivity index (χ4n) is 8.86. The molecule has 0 aromatic carbocycles. The summed E-state index contributed by atoms with van der Waals surface area (Å²) >= 11 is 0. The van der Waals surface area contributed by atoms with Crippen LogP contribution in [0.3, 0.4) is 0 Å². The zero-order chi connectivity index (χ0) is 25.1. The van der Waals surface area contributed by atoms with Crippen molar-refractivity contribution in [2.45, 2.75) is 96.1 Å². The molecular weight excluding hydrogens is 464 g/mol. The average Bonchev–Trinajstić information content (AvgIpc) is 3.18. The maximum Gasteiger partial charge on any atom is 0.315 e. The Morgan fingerprint density at radius 1 is 1.06 bits per heavy atom. The maximum absolute atomic E-state index is 13.9. The highest BCUT2D eigenvalue weighted by molar-refractivity contribution is 6.70. The lowest BCUT2D eigenvalue weighted by atomic mass is 9.58. The predicted octanol–water partition coefficient (Wildman–Crippen LogP) is 4.91. The molecule has 1 spiro atoms. The Labute approximate surface area is 206 Å². The average molecular weight is 507 g/mol. The number of fused-ring (bicyclic) bond motifs is 1. The first-order chi connectivity index (χ1) is 15.6. The summed E-state index contributed by atoms with van der Waals surface area (Å²) < 4.78 is 25.8. The first-order valence-corrected chi connectivity index (χ1v) is 19.8. The predicted molar refractivity (Wildman–Crippen MR) is 134 cm³/mol. The fourth-order valence-corrected chi connectivity index (χ4v) is 11.2. The molecule has 5 fully saturated rings. The summed E-state index contributed by atoms with van der Waals surface area (Å²) in [6.07, 6.45) is 3.75. The van der Waals surface area contributed by atoms with Gasteiger partial charge in [0.2, 0.25) is 0 Å². The minimum atomic E-state index is -2.00. The SMILES string of the molecule is C=C1C[C@]23C[C@H]1CCC2[C@@]12OC(=O)C(C)(C1C3C(=O)OC)[C@@H](O[Si](C)(C)C)C[C@H]2O[Si](C)(C)C. The van der Waals surface area contributed by atoms with Gasteiger partial charge in [-0.05, 0) is 83.2 Å². The molecule has 1 heterocycles. The van der Waals surface area contributed by atoms with E-state index in [1.165, 1.54) is 12.7 Å². The summed E-state index contributed by atoms with van der Waals surface area (Å²) in [7, 11) is -2.53. The lowest BCUT2D eigenvalue weighted by molar-refractivity contribution is -0.174. The van der Waals surface area contributed by atoms with Gasteiger partial charge in [-0.25, -0.2) is 0 Å². The summed E-state index contributed by atoms with van der Waals surface area (Å²) in [5.41, 5.74) is -0.741. The van der Waals surface area contributed by atoms with E-state index >= 15 is 0 Å². The first-order valence-electron chi connectivity index (χ1n) is 12.9. The number of rotatable bonds is 5. The number of hydrogen-bond donors (Lipinski definition) is 0. The van der Waals surface area contributed by atoms with Crippen LogP contribution >= 0.6 is 0 Å². The third-order valence-corrected chi connectivity index (χ3v) is 11.6. The zero-order valence-corrected chi connectivity index (χ0v) is 24.2. The molecule has 5 rings (SSSR count). The van der Waals surface area contributed by atoms with Gasteiger partial charge in [0.1, 0.15) is 5.60 Å². The standard InChI is InChI=1S/C26H42O6Si2/c1-15-13-25-14-16(15)10-11-17(25)26-19(32-34(7,8)9)12-18(31-33(4,5)6)24(2,23(28)30-26)21(26)20(25)22(27)29-3/h16-21H,1,10-14H2,2-9H3/t16-,17?,18+,19-,20?,21?,24?,25+,26+/m1/s1. The van der Waals surface area contributed by atoms with E-state index in [1.54, 1.807) is 0 Å². The van der Waals surface area contributed by atoms with Crippen LogP contribution in [0.2, 0.25) is 39.3 Å². The van der Waals surface area contributed by atoms with Gasteiger partial charge in [-0.2, -0.15) is 0 Å². The molecule has 6 nitrogen and oxygen atoms in total. The minimum Gasteiger partial charge on any atom is -0.469 e. The van der Waals surface area contributed by atoms with Crippen molar-refractivity contribution >= 4 is 28.6 Å². The van der Waals surface area contributed by atoms with Gasteiger partial charge in [0, 0.05) is 18.3 Å². The lowest BCUT2D eigenvalue weighted by Gasteiger charge is -2.52. The monoisotopic (exact) mass is 506 g/mol. The Balaban J connectivity index is 1.74. The Bertz CT molecular complexity index is 937. The van der Waals surface area contributed by atoms with E-state index in [2.05, 4.69) is 45.9 Å². The van der Waals surface area contributed by atoms with Crippen LogP contribution in [0.5, 0.6) is 0 Å². The van der Waals surface area contributed by atoms with E-state index in [9.17, 15) is 9.59 Å². The van der Waals surface area contributed by atoms with E-state index in [0.29, 0.717) is 12.3 Å². The van der Waals surface area contributed by atoms with Crippen LogP contribution in [0.25, 0.3) is 0 Å². The molecule has 0 aromatic heterocycles. The van der Waals surface area contributed by atoms with Crippen molar-refractivity contribution in [1.29, 1.82) is 0 Å². The number of ether oxygens (including phenoxy) is 2. The van der Waals surface area contributed by atoms with Crippen molar-refractivity contribution in [2.24, 2.45) is 34.5 Å². The molecule has 4 saturated carbocycles. The molecule has 5 aliphatic rings. The number of methoxy groups -OCH3 is 1. The van der Waals surface area contributed by atoms with Crippen molar-refractivity contribution in [3.05, 3.63) is 12.2 Å². The summed E-state index contributed by atoms with van der Waals surface area (Å²) in [6, 6.07) is 0. The molecule has 4 unspecified atom stereocenters. The molecule has 0 N–H and O–H groups in total. The second-order valence-electron chi connectivity index (χ2n) is 13.8. The van der Waals surface area contributed by atoms with Crippen molar-refractivity contribution < 1.29 is 27.9 Å². The summed E-state index contributed by atoms with van der Waals surface area (Å²) in [4.78, 5) is 27.6. The highest BCUT2D eigenvalue weighted by Crippen LogP contribution is 2.78. The summed E-state index contributed by atoms with van der Waals surface area (Å²) in [6.45, 7) is 19.5. The Kier molecular flexibility index (Phi) is 5.30. The lowest BCUT2D eigenvalue weighted by Crippen LogP contribution is -2.63. The highest BCUT2D eigenvalue weighted by atomic mass is 28.4. The third-order valence-electron chi connectivity index (χ3n) is 9.64. The van der Waals surface area contributed by atoms with E-state index in [0.717, 1.165) is 25.7 Å². The van der Waals surface area contributed by atoms with Crippen molar-refractivity contribution in [3.63, 3.8) is 0 Å². The molecule has 9 atom stereocenters. The molecule has 1 aliphatic heterocycles. The molecule has 0 radical (unpaired) electrons. The molecule has 4 bridgehead atoms. The topological polar surface area (TPSA) is 71.1 Å². The minimum absolute atomic E-state index is 0.0737. The van der Waals surface area contributed by atoms with Crippen molar-refractivity contribution in [3.8, 4) is 0 Å². The van der Waals surface area contributed by atoms with Gasteiger partial charge < -0.3 is 18.3 Å². The number of carbonyl (C=O) groups is 2. The van der Waals surface area contributed by atoms with Gasteiger partial charge in [0.05, 0.1) is 30.7 Å². The number of carbonyl (C=O) groups excluding carboxylic acids is 2. The van der Waals surface area contributed by atoms with Gasteiger partial charge >= 0.3 is 11.9 Å². The molecule has 8 heteroatoms. The Hall–Kier alpha value is -0.966. The largest absolute Gasteiger partial charge is 0.469 e. The molecular formula is C26H42O6Si2. The Morgan fingerprint density at radius 2 is 1.68 bits per heavy atom. The number of esters is 2. The number of hydrogen-bond acceptors (Lipinski definition) is 6. The van der Waals surface area contributed by atoms with Gasteiger partial charge in [-0.3, -0.25) is 9.59 Å². The molecule has 0 amide bonds. The zero-order valence-electron chi connectivity index (χ0n) is 22.2. The van der Waals surface area contributed by atoms with Crippen molar-refractivity contribution in [1.82, 2.24) is 0 Å². The van der Waals surface area contributed by atoms with Crippen LogP contribution in [-0.4, -0.2) is 53.5 Å². The van der Waals surface area contributed by atoms with E-state index < -0.39 is 33.6 Å². The number of allylic oxidation sites excluding steroid dienone is 1. The summed E-state index contributed by atoms with van der Waals surface area (Å²) in [5.74, 6) is -0.646. The van der Waals surface area contributed by atoms with Gasteiger partial charge in [0.15, 0.2) is 16.6 Å². The van der Waals surface area contributed by atoms with Gasteiger partial charge in [-0.15, -0.1) is 0 Å². The van der Waals surface area contributed by atoms with Crippen LogP contribution in [0.1, 0.15) is 39.0 Å². The molecule has 4 aliphatic carbocycles. The normalized spacial score (nSPS) is 47.3. The second kappa shape index (κ2) is 7.29. The van der Waals surface area contributed by atoms with Gasteiger partial charge in [-0.1, -0.05) is 12.2 Å². The van der Waals surface area contributed by atoms with E-state index in [-0.39, 0.29) is 41.4 Å². The van der Waals surface area contributed by atoms with Crippen LogP contribution in [0, 0.1) is 34.5 Å². The molecule has 190 valence electrons. The highest BCUT2D eigenvalue weighted by Gasteiger charge is 2.86. The van der Waals surface area contributed by atoms with Crippen LogP contribution in [0.15, 0.2) is 12.2 Å². The van der Waals surface area contributed by atoms with Gasteiger partial charge in [0.25, 0.3) is 0 Å². The molecule has 34 heavy (non-hydrogen) atoms.